The van der Waals surface area contributed by atoms with Gasteiger partial charge in [-0.3, -0.25) is 0 Å². The maximum absolute atomic E-state index is 11.1. The number of carboxylic acids is 1. The van der Waals surface area contributed by atoms with Crippen LogP contribution in [0.3, 0.4) is 0 Å². The molecule has 6 heteroatoms. The van der Waals surface area contributed by atoms with Crippen molar-refractivity contribution >= 4 is 23.3 Å². The molecule has 2 rings (SSSR count). The van der Waals surface area contributed by atoms with E-state index in [0.717, 1.165) is 32.4 Å². The van der Waals surface area contributed by atoms with E-state index in [9.17, 15) is 4.79 Å². The predicted octanol–water partition coefficient (Wildman–Crippen LogP) is 1.99. The molecule has 0 aromatic carbocycles. The molecule has 3 N–H and O–H groups in total. The number of nitrogens with one attached hydrogen (secondary N) is 2. The lowest BCUT2D eigenvalue weighted by atomic mass is 10.1. The number of aromatic carboxylic acids is 1. The average Bonchev–Trinajstić information content (AvgIpc) is 2.57. The van der Waals surface area contributed by atoms with Crippen LogP contribution in [0, 0.1) is 0 Å². The van der Waals surface area contributed by atoms with Gasteiger partial charge in [-0.15, -0.1) is 0 Å². The highest BCUT2D eigenvalue weighted by Gasteiger charge is 2.16. The SMILES string of the molecule is O=C(O)c1cnc(Cl)cc1N[C@H]1CCCNCC1. The largest absolute Gasteiger partial charge is 0.478 e. The molecule has 0 saturated carbocycles. The fraction of sp³-hybridized carbons (Fsp3) is 0.500. The number of carbonyl (C=O) groups is 1. The van der Waals surface area contributed by atoms with Gasteiger partial charge in [0.15, 0.2) is 0 Å². The summed E-state index contributed by atoms with van der Waals surface area (Å²) < 4.78 is 0. The Morgan fingerprint density at radius 1 is 1.50 bits per heavy atom. The number of carboxylic acid groups (broad SMARTS) is 1. The molecule has 0 amide bonds. The Morgan fingerprint density at radius 2 is 2.33 bits per heavy atom. The van der Waals surface area contributed by atoms with Crippen LogP contribution in [0.5, 0.6) is 0 Å². The number of hydrogen-bond acceptors (Lipinski definition) is 4. The number of nitrogens with zero attached hydrogens (tertiary/aromatic N) is 1. The van der Waals surface area contributed by atoms with Gasteiger partial charge in [-0.1, -0.05) is 11.6 Å². The van der Waals surface area contributed by atoms with Crippen molar-refractivity contribution in [2.45, 2.75) is 25.3 Å². The first-order valence-corrected chi connectivity index (χ1v) is 6.40. The van der Waals surface area contributed by atoms with Crippen LogP contribution in [0.1, 0.15) is 29.6 Å². The Hall–Kier alpha value is -1.33. The molecule has 2 heterocycles. The Bertz CT molecular complexity index is 431. The first kappa shape index (κ1) is 13.1. The first-order chi connectivity index (χ1) is 8.66. The molecule has 1 aliphatic heterocycles. The van der Waals surface area contributed by atoms with Gasteiger partial charge in [-0.05, 0) is 38.4 Å². The lowest BCUT2D eigenvalue weighted by Crippen LogP contribution is -2.22. The van der Waals surface area contributed by atoms with E-state index in [0.29, 0.717) is 10.8 Å². The van der Waals surface area contributed by atoms with Crippen LogP contribution in [0.2, 0.25) is 5.15 Å². The maximum Gasteiger partial charge on any atom is 0.339 e. The van der Waals surface area contributed by atoms with E-state index in [2.05, 4.69) is 15.6 Å². The van der Waals surface area contributed by atoms with Gasteiger partial charge in [0.1, 0.15) is 10.7 Å². The molecule has 0 unspecified atom stereocenters. The van der Waals surface area contributed by atoms with E-state index in [-0.39, 0.29) is 11.6 Å². The second-order valence-electron chi connectivity index (χ2n) is 4.38. The van der Waals surface area contributed by atoms with Crippen LogP contribution in [-0.4, -0.2) is 35.2 Å². The summed E-state index contributed by atoms with van der Waals surface area (Å²) in [7, 11) is 0. The van der Waals surface area contributed by atoms with E-state index in [1.54, 1.807) is 6.07 Å². The minimum Gasteiger partial charge on any atom is -0.478 e. The molecule has 1 fully saturated rings. The summed E-state index contributed by atoms with van der Waals surface area (Å²) in [6.07, 6.45) is 4.37. The van der Waals surface area contributed by atoms with Crippen molar-refractivity contribution < 1.29 is 9.90 Å². The minimum absolute atomic E-state index is 0.164. The zero-order valence-corrected chi connectivity index (χ0v) is 10.7. The van der Waals surface area contributed by atoms with Gasteiger partial charge in [0.05, 0.1) is 5.69 Å². The third-order valence-corrected chi connectivity index (χ3v) is 3.24. The summed E-state index contributed by atoms with van der Waals surface area (Å²) in [4.78, 5) is 14.9. The average molecular weight is 270 g/mol. The summed E-state index contributed by atoms with van der Waals surface area (Å²) >= 11 is 5.82. The summed E-state index contributed by atoms with van der Waals surface area (Å²) in [5.41, 5.74) is 0.714. The van der Waals surface area contributed by atoms with Crippen molar-refractivity contribution in [3.8, 4) is 0 Å². The molecule has 0 bridgehead atoms. The van der Waals surface area contributed by atoms with E-state index in [1.165, 1.54) is 6.20 Å². The molecule has 98 valence electrons. The highest BCUT2D eigenvalue weighted by atomic mass is 35.5. The second kappa shape index (κ2) is 6.02. The number of hydrogen-bond donors (Lipinski definition) is 3. The first-order valence-electron chi connectivity index (χ1n) is 6.03. The second-order valence-corrected chi connectivity index (χ2v) is 4.77. The molecule has 1 atom stereocenters. The number of rotatable bonds is 3. The van der Waals surface area contributed by atoms with Crippen LogP contribution >= 0.6 is 11.6 Å². The number of anilines is 1. The highest BCUT2D eigenvalue weighted by molar-refractivity contribution is 6.29. The fourth-order valence-electron chi connectivity index (χ4n) is 2.10. The van der Waals surface area contributed by atoms with Crippen molar-refractivity contribution in [2.24, 2.45) is 0 Å². The molecule has 0 aliphatic carbocycles. The van der Waals surface area contributed by atoms with Crippen molar-refractivity contribution in [3.05, 3.63) is 23.0 Å². The molecular formula is C12H16ClN3O2. The number of pyridine rings is 1. The zero-order chi connectivity index (χ0) is 13.0. The van der Waals surface area contributed by atoms with Crippen LogP contribution in [-0.2, 0) is 0 Å². The van der Waals surface area contributed by atoms with Gasteiger partial charge in [0, 0.05) is 12.2 Å². The Balaban J connectivity index is 2.15. The van der Waals surface area contributed by atoms with Crippen LogP contribution in [0.25, 0.3) is 0 Å². The lowest BCUT2D eigenvalue weighted by Gasteiger charge is -2.18. The van der Waals surface area contributed by atoms with Crippen molar-refractivity contribution in [1.29, 1.82) is 0 Å². The highest BCUT2D eigenvalue weighted by Crippen LogP contribution is 2.21. The topological polar surface area (TPSA) is 74.2 Å². The number of aromatic nitrogens is 1. The smallest absolute Gasteiger partial charge is 0.339 e. The number of halogens is 1. The third kappa shape index (κ3) is 3.34. The maximum atomic E-state index is 11.1. The molecule has 0 radical (unpaired) electrons. The molecule has 1 aromatic rings. The molecule has 1 aromatic heterocycles. The van der Waals surface area contributed by atoms with Crippen LogP contribution in [0.4, 0.5) is 5.69 Å². The van der Waals surface area contributed by atoms with Gasteiger partial charge in [-0.2, -0.15) is 0 Å². The summed E-state index contributed by atoms with van der Waals surface area (Å²) in [6.45, 7) is 1.96. The summed E-state index contributed by atoms with van der Waals surface area (Å²) in [5, 5.41) is 16.0. The Kier molecular flexibility index (Phi) is 4.38. The molecule has 5 nitrogen and oxygen atoms in total. The molecule has 18 heavy (non-hydrogen) atoms. The molecule has 1 aliphatic rings. The fourth-order valence-corrected chi connectivity index (χ4v) is 2.26. The van der Waals surface area contributed by atoms with E-state index in [1.807, 2.05) is 0 Å². The Morgan fingerprint density at radius 3 is 3.11 bits per heavy atom. The van der Waals surface area contributed by atoms with Gasteiger partial charge in [0.2, 0.25) is 0 Å². The standard InChI is InChI=1S/C12H16ClN3O2/c13-11-6-10(9(7-15-11)12(17)18)16-8-2-1-4-14-5-3-8/h6-8,14H,1-5H2,(H,15,16)(H,17,18)/t8-/m0/s1. The normalized spacial score (nSPS) is 20.2. The van der Waals surface area contributed by atoms with Gasteiger partial charge >= 0.3 is 5.97 Å². The summed E-state index contributed by atoms with van der Waals surface area (Å²) in [6, 6.07) is 1.85. The van der Waals surface area contributed by atoms with Gasteiger partial charge in [0.25, 0.3) is 0 Å². The van der Waals surface area contributed by atoms with E-state index in [4.69, 9.17) is 16.7 Å². The van der Waals surface area contributed by atoms with E-state index >= 15 is 0 Å². The summed E-state index contributed by atoms with van der Waals surface area (Å²) in [5.74, 6) is -0.992. The van der Waals surface area contributed by atoms with Crippen molar-refractivity contribution in [3.63, 3.8) is 0 Å². The monoisotopic (exact) mass is 269 g/mol. The van der Waals surface area contributed by atoms with Crippen LogP contribution in [0.15, 0.2) is 12.3 Å². The Labute approximate surface area is 111 Å². The van der Waals surface area contributed by atoms with Gasteiger partial charge in [-0.25, -0.2) is 9.78 Å². The quantitative estimate of drug-likeness (QED) is 0.732. The lowest BCUT2D eigenvalue weighted by molar-refractivity contribution is 0.0697. The predicted molar refractivity (Wildman–Crippen MR) is 70.3 cm³/mol. The zero-order valence-electron chi connectivity index (χ0n) is 9.95. The van der Waals surface area contributed by atoms with E-state index < -0.39 is 5.97 Å². The van der Waals surface area contributed by atoms with Crippen molar-refractivity contribution in [2.75, 3.05) is 18.4 Å². The molecule has 1 saturated heterocycles. The molecular weight excluding hydrogens is 254 g/mol. The van der Waals surface area contributed by atoms with Crippen molar-refractivity contribution in [1.82, 2.24) is 10.3 Å². The molecule has 0 spiro atoms. The third-order valence-electron chi connectivity index (χ3n) is 3.04. The van der Waals surface area contributed by atoms with Crippen LogP contribution < -0.4 is 10.6 Å². The van der Waals surface area contributed by atoms with Gasteiger partial charge < -0.3 is 15.7 Å². The minimum atomic E-state index is -0.992.